The summed E-state index contributed by atoms with van der Waals surface area (Å²) < 4.78 is 25.3. The number of aliphatic carboxylic acids is 1. The second kappa shape index (κ2) is 6.19. The van der Waals surface area contributed by atoms with Gasteiger partial charge in [-0.15, -0.1) is 11.8 Å². The van der Waals surface area contributed by atoms with Crippen LogP contribution in [0, 0.1) is 11.6 Å². The molecule has 4 nitrogen and oxygen atoms in total. The van der Waals surface area contributed by atoms with Crippen molar-refractivity contribution >= 4 is 29.3 Å². The first-order valence-corrected chi connectivity index (χ1v) is 5.69. The molecule has 92 valence electrons. The third-order valence-corrected chi connectivity index (χ3v) is 2.58. The summed E-state index contributed by atoms with van der Waals surface area (Å²) >= 11 is 0.917. The molecule has 2 N–H and O–H groups in total. The first kappa shape index (κ1) is 13.4. The molecule has 0 spiro atoms. The minimum atomic E-state index is -1.05. The molecule has 1 aromatic carbocycles. The van der Waals surface area contributed by atoms with E-state index in [1.165, 1.54) is 6.07 Å². The van der Waals surface area contributed by atoms with Gasteiger partial charge >= 0.3 is 5.97 Å². The molecule has 0 saturated carbocycles. The summed E-state index contributed by atoms with van der Waals surface area (Å²) in [7, 11) is 0. The van der Waals surface area contributed by atoms with Gasteiger partial charge < -0.3 is 10.4 Å². The second-order valence-corrected chi connectivity index (χ2v) is 4.05. The largest absolute Gasteiger partial charge is 0.481 e. The van der Waals surface area contributed by atoms with Crippen LogP contribution in [0.15, 0.2) is 18.2 Å². The lowest BCUT2D eigenvalue weighted by atomic mass is 10.3. The molecule has 0 unspecified atom stereocenters. The maximum atomic E-state index is 12.8. The number of rotatable bonds is 5. The number of amides is 1. The zero-order chi connectivity index (χ0) is 12.8. The molecule has 1 rings (SSSR count). The van der Waals surface area contributed by atoms with Gasteiger partial charge in [0.1, 0.15) is 0 Å². The maximum Gasteiger partial charge on any atom is 0.313 e. The van der Waals surface area contributed by atoms with Crippen LogP contribution < -0.4 is 5.32 Å². The maximum absolute atomic E-state index is 12.8. The number of carbonyl (C=O) groups is 2. The van der Waals surface area contributed by atoms with Crippen LogP contribution in [-0.4, -0.2) is 28.5 Å². The van der Waals surface area contributed by atoms with Crippen molar-refractivity contribution < 1.29 is 23.5 Å². The van der Waals surface area contributed by atoms with Crippen molar-refractivity contribution in [1.29, 1.82) is 0 Å². The van der Waals surface area contributed by atoms with Crippen LogP contribution in [0.5, 0.6) is 0 Å². The molecule has 0 aliphatic carbocycles. The lowest BCUT2D eigenvalue weighted by Crippen LogP contribution is -2.15. The van der Waals surface area contributed by atoms with Crippen LogP contribution in [0.1, 0.15) is 0 Å². The average Bonchev–Trinajstić information content (AvgIpc) is 2.23. The lowest BCUT2D eigenvalue weighted by molar-refractivity contribution is -0.133. The SMILES string of the molecule is O=C(O)CSCC(=O)Nc1ccc(F)c(F)c1. The fourth-order valence-corrected chi connectivity index (χ4v) is 1.54. The second-order valence-electron chi connectivity index (χ2n) is 3.06. The Morgan fingerprint density at radius 2 is 1.94 bits per heavy atom. The van der Waals surface area contributed by atoms with Crippen molar-refractivity contribution in [2.24, 2.45) is 0 Å². The van der Waals surface area contributed by atoms with Crippen molar-refractivity contribution in [3.05, 3.63) is 29.8 Å². The number of thioether (sulfide) groups is 1. The summed E-state index contributed by atoms with van der Waals surface area (Å²) in [5, 5.41) is 10.7. The minimum absolute atomic E-state index is 0.0642. The molecule has 1 aromatic rings. The van der Waals surface area contributed by atoms with Gasteiger partial charge in [-0.3, -0.25) is 9.59 Å². The number of hydrogen-bond acceptors (Lipinski definition) is 3. The third-order valence-electron chi connectivity index (χ3n) is 1.66. The number of carboxylic acid groups (broad SMARTS) is 1. The van der Waals surface area contributed by atoms with Gasteiger partial charge in [0.05, 0.1) is 11.5 Å². The molecule has 0 fully saturated rings. The Bertz CT molecular complexity index is 440. The molecule has 0 atom stereocenters. The highest BCUT2D eigenvalue weighted by molar-refractivity contribution is 8.00. The van der Waals surface area contributed by atoms with Gasteiger partial charge in [0, 0.05) is 11.8 Å². The molecule has 0 bridgehead atoms. The number of hydrogen-bond donors (Lipinski definition) is 2. The Morgan fingerprint density at radius 1 is 1.24 bits per heavy atom. The van der Waals surface area contributed by atoms with E-state index in [4.69, 9.17) is 5.11 Å². The van der Waals surface area contributed by atoms with Crippen molar-refractivity contribution in [3.63, 3.8) is 0 Å². The van der Waals surface area contributed by atoms with Gasteiger partial charge in [0.2, 0.25) is 5.91 Å². The van der Waals surface area contributed by atoms with Crippen molar-refractivity contribution in [1.82, 2.24) is 0 Å². The number of halogens is 2. The molecular weight excluding hydrogens is 252 g/mol. The van der Waals surface area contributed by atoms with Crippen LogP contribution >= 0.6 is 11.8 Å². The highest BCUT2D eigenvalue weighted by atomic mass is 32.2. The predicted molar refractivity (Wildman–Crippen MR) is 59.9 cm³/mol. The van der Waals surface area contributed by atoms with E-state index in [2.05, 4.69) is 5.32 Å². The first-order valence-electron chi connectivity index (χ1n) is 4.53. The summed E-state index contributed by atoms with van der Waals surface area (Å²) in [4.78, 5) is 21.4. The van der Waals surface area contributed by atoms with Gasteiger partial charge in [-0.25, -0.2) is 8.78 Å². The fraction of sp³-hybridized carbons (Fsp3) is 0.200. The molecule has 0 aliphatic rings. The number of carbonyl (C=O) groups excluding carboxylic acids is 1. The zero-order valence-corrected chi connectivity index (χ0v) is 9.39. The quantitative estimate of drug-likeness (QED) is 0.847. The molecule has 0 aliphatic heterocycles. The Morgan fingerprint density at radius 3 is 2.53 bits per heavy atom. The number of anilines is 1. The summed E-state index contributed by atoms with van der Waals surface area (Å²) in [5.41, 5.74) is 0.129. The average molecular weight is 261 g/mol. The third kappa shape index (κ3) is 4.81. The Balaban J connectivity index is 2.45. The van der Waals surface area contributed by atoms with E-state index < -0.39 is 23.5 Å². The van der Waals surface area contributed by atoms with Crippen LogP contribution in [0.2, 0.25) is 0 Å². The van der Waals surface area contributed by atoms with E-state index in [0.717, 1.165) is 23.9 Å². The van der Waals surface area contributed by atoms with E-state index >= 15 is 0 Å². The molecule has 7 heteroatoms. The molecule has 1 amide bonds. The standard InChI is InChI=1S/C10H9F2NO3S/c11-7-2-1-6(3-8(7)12)13-9(14)4-17-5-10(15)16/h1-3H,4-5H2,(H,13,14)(H,15,16). The van der Waals surface area contributed by atoms with E-state index in [0.29, 0.717) is 0 Å². The Hall–Kier alpha value is -1.63. The van der Waals surface area contributed by atoms with Crippen molar-refractivity contribution in [2.45, 2.75) is 0 Å². The smallest absolute Gasteiger partial charge is 0.313 e. The lowest BCUT2D eigenvalue weighted by Gasteiger charge is -2.04. The predicted octanol–water partition coefficient (Wildman–Crippen LogP) is 1.72. The molecule has 0 radical (unpaired) electrons. The highest BCUT2D eigenvalue weighted by Crippen LogP contribution is 2.13. The Labute approximate surface area is 100 Å². The molecule has 17 heavy (non-hydrogen) atoms. The highest BCUT2D eigenvalue weighted by Gasteiger charge is 2.07. The van der Waals surface area contributed by atoms with Crippen LogP contribution in [-0.2, 0) is 9.59 Å². The molecular formula is C10H9F2NO3S. The van der Waals surface area contributed by atoms with Gasteiger partial charge in [-0.2, -0.15) is 0 Å². The normalized spacial score (nSPS) is 10.0. The zero-order valence-electron chi connectivity index (χ0n) is 8.57. The monoisotopic (exact) mass is 261 g/mol. The Kier molecular flexibility index (Phi) is 4.89. The van der Waals surface area contributed by atoms with E-state index in [1.807, 2.05) is 0 Å². The molecule has 0 aromatic heterocycles. The van der Waals surface area contributed by atoms with Crippen molar-refractivity contribution in [2.75, 3.05) is 16.8 Å². The topological polar surface area (TPSA) is 66.4 Å². The summed E-state index contributed by atoms with van der Waals surface area (Å²) in [6.07, 6.45) is 0. The molecule has 0 heterocycles. The number of nitrogens with one attached hydrogen (secondary N) is 1. The summed E-state index contributed by atoms with van der Waals surface area (Å²) in [6, 6.07) is 2.97. The number of benzene rings is 1. The van der Waals surface area contributed by atoms with Gasteiger partial charge in [0.25, 0.3) is 0 Å². The van der Waals surface area contributed by atoms with E-state index in [1.54, 1.807) is 0 Å². The van der Waals surface area contributed by atoms with Gasteiger partial charge in [-0.05, 0) is 12.1 Å². The van der Waals surface area contributed by atoms with Gasteiger partial charge in [-0.1, -0.05) is 0 Å². The van der Waals surface area contributed by atoms with E-state index in [-0.39, 0.29) is 17.2 Å². The minimum Gasteiger partial charge on any atom is -0.481 e. The van der Waals surface area contributed by atoms with Crippen LogP contribution in [0.25, 0.3) is 0 Å². The van der Waals surface area contributed by atoms with Crippen LogP contribution in [0.4, 0.5) is 14.5 Å². The number of carboxylic acids is 1. The van der Waals surface area contributed by atoms with E-state index in [9.17, 15) is 18.4 Å². The fourth-order valence-electron chi connectivity index (χ4n) is 1.00. The van der Waals surface area contributed by atoms with Gasteiger partial charge in [0.15, 0.2) is 11.6 Å². The first-order chi connectivity index (χ1) is 7.99. The van der Waals surface area contributed by atoms with Crippen molar-refractivity contribution in [3.8, 4) is 0 Å². The summed E-state index contributed by atoms with van der Waals surface area (Å²) in [6.45, 7) is 0. The molecule has 0 saturated heterocycles. The van der Waals surface area contributed by atoms with Crippen LogP contribution in [0.3, 0.4) is 0 Å². The summed E-state index contributed by atoms with van der Waals surface area (Å²) in [5.74, 6) is -3.79.